The van der Waals surface area contributed by atoms with E-state index in [0.717, 1.165) is 26.4 Å². The topological polar surface area (TPSA) is 134 Å². The zero-order chi connectivity index (χ0) is 31.9. The number of aryl methyl sites for hydroxylation is 1. The molecule has 0 aliphatic carbocycles. The molecule has 0 spiro atoms. The molecule has 1 N–H and O–H groups in total. The zero-order valence-corrected chi connectivity index (χ0v) is 26.5. The van der Waals surface area contributed by atoms with Gasteiger partial charge < -0.3 is 5.32 Å². The number of aromatic nitrogens is 1. The molecule has 45 heavy (non-hydrogen) atoms. The lowest BCUT2D eigenvalue weighted by Gasteiger charge is -2.37. The average Bonchev–Trinajstić information content (AvgIpc) is 3.50. The Morgan fingerprint density at radius 3 is 1.47 bits per heavy atom. The number of halogens is 1. The summed E-state index contributed by atoms with van der Waals surface area (Å²) in [5.41, 5.74) is 3.35. The predicted octanol–water partition coefficient (Wildman–Crippen LogP) is 2.23. The third-order valence-corrected chi connectivity index (χ3v) is 12.9. The third kappa shape index (κ3) is 7.71. The molecule has 1 amide bonds. The van der Waals surface area contributed by atoms with Crippen LogP contribution < -0.4 is 44.5 Å². The van der Waals surface area contributed by atoms with Gasteiger partial charge in [0.1, 0.15) is 10.7 Å². The Morgan fingerprint density at radius 1 is 0.644 bits per heavy atom. The van der Waals surface area contributed by atoms with Crippen LogP contribution in [0.25, 0.3) is 10.6 Å². The number of nitrogens with zero attached hydrogens (tertiary/aromatic N) is 1. The SMILES string of the molecule is Cc1ccc(NC(=O)c2nc(-c3ccccc3)sc2[P](c2ccccc2)(c2ccccc2)c2ccccc2)cc1.[O-][Cl+3]([O-])([O-])[O-]. The second kappa shape index (κ2) is 14.2. The first kappa shape index (κ1) is 32.2. The Kier molecular flexibility index (Phi) is 10.2. The fourth-order valence-corrected chi connectivity index (χ4v) is 11.5. The van der Waals surface area contributed by atoms with Crippen LogP contribution in [0.4, 0.5) is 5.69 Å². The van der Waals surface area contributed by atoms with E-state index in [1.54, 1.807) is 11.3 Å². The number of rotatable bonds is 7. The van der Waals surface area contributed by atoms with Gasteiger partial charge >= 0.3 is 0 Å². The van der Waals surface area contributed by atoms with Crippen molar-refractivity contribution in [2.24, 2.45) is 0 Å². The van der Waals surface area contributed by atoms with Gasteiger partial charge in [-0.1, -0.05) is 139 Å². The van der Waals surface area contributed by atoms with Gasteiger partial charge in [-0.15, -0.1) is 21.6 Å². The molecule has 1 radical (unpaired) electrons. The summed E-state index contributed by atoms with van der Waals surface area (Å²) in [5, 5.41) is 7.51. The van der Waals surface area contributed by atoms with E-state index < -0.39 is 17.5 Å². The lowest BCUT2D eigenvalue weighted by Crippen LogP contribution is -2.68. The van der Waals surface area contributed by atoms with Crippen LogP contribution in [-0.4, -0.2) is 10.9 Å². The van der Waals surface area contributed by atoms with Gasteiger partial charge in [-0.05, 0) is 42.2 Å². The molecule has 6 aromatic rings. The molecule has 0 fully saturated rings. The number of nitrogens with one attached hydrogen (secondary N) is 1. The Balaban J connectivity index is 0.000000743. The van der Waals surface area contributed by atoms with Crippen molar-refractivity contribution in [3.05, 3.63) is 157 Å². The molecular formula is C35H28ClN2O5PS-. The minimum Gasteiger partial charge on any atom is -0.321 e. The molecule has 10 heteroatoms. The van der Waals surface area contributed by atoms with Crippen molar-refractivity contribution in [2.45, 2.75) is 6.92 Å². The van der Waals surface area contributed by atoms with E-state index in [1.165, 1.54) is 15.9 Å². The Morgan fingerprint density at radius 2 is 1.04 bits per heavy atom. The van der Waals surface area contributed by atoms with Gasteiger partial charge in [0.05, 0.1) is 4.62 Å². The van der Waals surface area contributed by atoms with E-state index in [9.17, 15) is 4.79 Å². The molecule has 0 bridgehead atoms. The van der Waals surface area contributed by atoms with Crippen molar-refractivity contribution in [1.82, 2.24) is 4.98 Å². The third-order valence-electron chi connectivity index (χ3n) is 6.89. The fraction of sp³-hybridized carbons (Fsp3) is 0.0286. The van der Waals surface area contributed by atoms with E-state index in [2.05, 4.69) is 90.2 Å². The molecule has 0 aliphatic heterocycles. The number of carbonyl (C=O) groups excluding carboxylic acids is 1. The monoisotopic (exact) mass is 654 g/mol. The van der Waals surface area contributed by atoms with Crippen LogP contribution in [0.5, 0.6) is 0 Å². The summed E-state index contributed by atoms with van der Waals surface area (Å²) >= 11 is 1.62. The summed E-state index contributed by atoms with van der Waals surface area (Å²) in [6.45, 7) is 2.04. The molecule has 1 aromatic heterocycles. The first-order valence-corrected chi connectivity index (χ1v) is 17.6. The first-order chi connectivity index (χ1) is 21.7. The highest BCUT2D eigenvalue weighted by molar-refractivity contribution is 8.04. The normalized spacial score (nSPS) is 11.3. The number of anilines is 1. The molecule has 227 valence electrons. The van der Waals surface area contributed by atoms with Gasteiger partial charge in [-0.25, -0.2) is 23.6 Å². The highest BCUT2D eigenvalue weighted by Gasteiger charge is 2.41. The van der Waals surface area contributed by atoms with Crippen molar-refractivity contribution in [3.8, 4) is 10.6 Å². The van der Waals surface area contributed by atoms with Crippen LogP contribution in [0.3, 0.4) is 0 Å². The summed E-state index contributed by atoms with van der Waals surface area (Å²) < 4.78 is 35.0. The van der Waals surface area contributed by atoms with Crippen molar-refractivity contribution < 1.29 is 33.7 Å². The largest absolute Gasteiger partial charge is 0.321 e. The summed E-state index contributed by atoms with van der Waals surface area (Å²) in [7, 11) is -7.46. The maximum atomic E-state index is 14.2. The summed E-state index contributed by atoms with van der Waals surface area (Å²) in [5.74, 6) is -0.204. The summed E-state index contributed by atoms with van der Waals surface area (Å²) in [4.78, 5) is 19.2. The number of carbonyl (C=O) groups is 1. The highest BCUT2D eigenvalue weighted by Crippen LogP contribution is 2.56. The minimum atomic E-state index is -4.94. The number of benzene rings is 5. The Bertz CT molecular complexity index is 1730. The fourth-order valence-electron chi connectivity index (χ4n) is 4.97. The van der Waals surface area contributed by atoms with Crippen LogP contribution in [0.2, 0.25) is 0 Å². The summed E-state index contributed by atoms with van der Waals surface area (Å²) in [6, 6.07) is 49.8. The first-order valence-electron chi connectivity index (χ1n) is 13.8. The van der Waals surface area contributed by atoms with Crippen molar-refractivity contribution in [1.29, 1.82) is 0 Å². The Labute approximate surface area is 268 Å². The van der Waals surface area contributed by atoms with E-state index in [1.807, 2.05) is 67.6 Å². The van der Waals surface area contributed by atoms with Crippen LogP contribution in [-0.2, 0) is 0 Å². The van der Waals surface area contributed by atoms with Gasteiger partial charge in [0, 0.05) is 11.3 Å². The lowest BCUT2D eigenvalue weighted by molar-refractivity contribution is -2.00. The van der Waals surface area contributed by atoms with Gasteiger partial charge in [-0.2, -0.15) is 0 Å². The number of hydrogen-bond donors (Lipinski definition) is 1. The van der Waals surface area contributed by atoms with Gasteiger partial charge in [0.25, 0.3) is 5.91 Å². The van der Waals surface area contributed by atoms with Crippen LogP contribution in [0, 0.1) is 17.2 Å². The molecule has 0 unspecified atom stereocenters. The van der Waals surface area contributed by atoms with Crippen molar-refractivity contribution in [2.75, 3.05) is 5.32 Å². The van der Waals surface area contributed by atoms with E-state index in [4.69, 9.17) is 23.6 Å². The lowest BCUT2D eigenvalue weighted by atomic mass is 10.2. The van der Waals surface area contributed by atoms with Crippen molar-refractivity contribution >= 4 is 50.7 Å². The molecule has 6 rings (SSSR count). The second-order valence-corrected chi connectivity index (χ2v) is 15.3. The van der Waals surface area contributed by atoms with Crippen LogP contribution >= 0.6 is 18.6 Å². The Hall–Kier alpha value is -4.24. The van der Waals surface area contributed by atoms with Gasteiger partial charge in [-0.3, -0.25) is 4.79 Å². The van der Waals surface area contributed by atoms with E-state index in [0.29, 0.717) is 5.69 Å². The highest BCUT2D eigenvalue weighted by atomic mass is 35.7. The molecule has 0 atom stereocenters. The molecule has 1 heterocycles. The van der Waals surface area contributed by atoms with E-state index >= 15 is 0 Å². The second-order valence-electron chi connectivity index (χ2n) is 9.91. The molecular weight excluding hydrogens is 627 g/mol. The maximum Gasteiger partial charge on any atom is 0.275 e. The number of amides is 1. The number of hydrogen-bond acceptors (Lipinski definition) is 7. The number of thiazole rings is 1. The quantitative estimate of drug-likeness (QED) is 0.263. The van der Waals surface area contributed by atoms with E-state index in [-0.39, 0.29) is 5.91 Å². The van der Waals surface area contributed by atoms with Crippen LogP contribution in [0.1, 0.15) is 16.1 Å². The molecule has 5 aromatic carbocycles. The maximum absolute atomic E-state index is 14.2. The zero-order valence-electron chi connectivity index (χ0n) is 24.1. The molecule has 0 saturated heterocycles. The molecule has 0 saturated carbocycles. The van der Waals surface area contributed by atoms with Crippen molar-refractivity contribution in [3.63, 3.8) is 0 Å². The standard InChI is InChI=1S/C35H28N2OPS.ClHO4/c1-26-22-24-28(25-23-26)36-33(38)32-35(40-34(37-32)27-14-6-2-7-15-27)39(29-16-8-3-9-17-29,30-18-10-4-11-19-30)31-20-12-5-13-21-31;2-1(3,4)5/h2-25H,1H3,(H,36,38);(H,2,3,4,5)/p-1. The van der Waals surface area contributed by atoms with Gasteiger partial charge in [0.2, 0.25) is 0 Å². The minimum absolute atomic E-state index is 0.204. The van der Waals surface area contributed by atoms with Gasteiger partial charge in [0.15, 0.2) is 0 Å². The summed E-state index contributed by atoms with van der Waals surface area (Å²) in [6.07, 6.45) is 0. The smallest absolute Gasteiger partial charge is 0.275 e. The average molecular weight is 655 g/mol. The predicted molar refractivity (Wildman–Crippen MR) is 171 cm³/mol. The van der Waals surface area contributed by atoms with Crippen LogP contribution in [0.15, 0.2) is 146 Å². The molecule has 7 nitrogen and oxygen atoms in total. The molecule has 0 aliphatic rings.